The zero-order chi connectivity index (χ0) is 24.4. The third kappa shape index (κ3) is 5.30. The molecule has 1 N–H and O–H groups in total. The van der Waals surface area contributed by atoms with Gasteiger partial charge in [-0.05, 0) is 67.6 Å². The summed E-state index contributed by atoms with van der Waals surface area (Å²) in [4.78, 5) is 32.6. The Hall–Kier alpha value is -3.46. The Balaban J connectivity index is 1.11. The molecule has 9 heteroatoms. The molecule has 7 nitrogen and oxygen atoms in total. The zero-order valence-electron chi connectivity index (χ0n) is 19.4. The molecule has 5 rings (SSSR count). The highest BCUT2D eigenvalue weighted by Gasteiger charge is 2.27. The molecule has 2 aromatic carbocycles. The Morgan fingerprint density at radius 3 is 2.63 bits per heavy atom. The summed E-state index contributed by atoms with van der Waals surface area (Å²) in [5, 5.41) is 3.69. The van der Waals surface area contributed by atoms with Crippen LogP contribution in [-0.4, -0.2) is 41.6 Å². The lowest BCUT2D eigenvalue weighted by Gasteiger charge is -2.31. The number of amides is 2. The highest BCUT2D eigenvalue weighted by atomic mass is 32.1. The second-order valence-corrected chi connectivity index (χ2v) is 9.84. The van der Waals surface area contributed by atoms with Crippen molar-refractivity contribution in [3.05, 3.63) is 64.4 Å². The third-order valence-corrected chi connectivity index (χ3v) is 7.58. The van der Waals surface area contributed by atoms with Crippen molar-refractivity contribution in [2.45, 2.75) is 32.7 Å². The number of carbonyl (C=O) groups excluding carboxylic acids is 2. The number of rotatable bonds is 6. The van der Waals surface area contributed by atoms with Gasteiger partial charge >= 0.3 is 0 Å². The highest BCUT2D eigenvalue weighted by Crippen LogP contribution is 2.33. The number of ether oxygens (including phenoxy) is 2. The molecule has 3 heterocycles. The molecule has 0 saturated carbocycles. The van der Waals surface area contributed by atoms with Crippen LogP contribution in [-0.2, 0) is 11.3 Å². The van der Waals surface area contributed by atoms with Gasteiger partial charge in [0.05, 0.1) is 5.69 Å². The maximum Gasteiger partial charge on any atom is 0.265 e. The summed E-state index contributed by atoms with van der Waals surface area (Å²) in [6, 6.07) is 11.8. The number of benzene rings is 2. The van der Waals surface area contributed by atoms with E-state index in [-0.39, 0.29) is 30.3 Å². The van der Waals surface area contributed by atoms with Crippen LogP contribution < -0.4 is 14.8 Å². The molecule has 2 aliphatic heterocycles. The number of piperidine rings is 1. The molecule has 182 valence electrons. The van der Waals surface area contributed by atoms with Gasteiger partial charge in [-0.15, -0.1) is 11.3 Å². The number of aromatic nitrogens is 1. The van der Waals surface area contributed by atoms with Gasteiger partial charge in [-0.2, -0.15) is 0 Å². The zero-order valence-corrected chi connectivity index (χ0v) is 20.2. The van der Waals surface area contributed by atoms with Crippen LogP contribution >= 0.6 is 11.3 Å². The fourth-order valence-electron chi connectivity index (χ4n) is 4.38. The predicted octanol–water partition coefficient (Wildman–Crippen LogP) is 4.55. The lowest BCUT2D eigenvalue weighted by Crippen LogP contribution is -2.39. The van der Waals surface area contributed by atoms with E-state index < -0.39 is 0 Å². The van der Waals surface area contributed by atoms with E-state index in [1.165, 1.54) is 23.5 Å². The van der Waals surface area contributed by atoms with Crippen molar-refractivity contribution in [3.8, 4) is 22.1 Å². The molecule has 1 aromatic heterocycles. The van der Waals surface area contributed by atoms with Gasteiger partial charge < -0.3 is 19.7 Å². The van der Waals surface area contributed by atoms with Crippen LogP contribution in [0.4, 0.5) is 4.39 Å². The van der Waals surface area contributed by atoms with Gasteiger partial charge in [0.15, 0.2) is 11.5 Å². The summed E-state index contributed by atoms with van der Waals surface area (Å²) in [5.74, 6) is 1.35. The average molecular weight is 496 g/mol. The molecule has 0 radical (unpaired) electrons. The lowest BCUT2D eigenvalue weighted by molar-refractivity contribution is -0.122. The van der Waals surface area contributed by atoms with Crippen LogP contribution in [0.25, 0.3) is 10.6 Å². The molecule has 3 aromatic rings. The largest absolute Gasteiger partial charge is 0.454 e. The van der Waals surface area contributed by atoms with Crippen molar-refractivity contribution in [1.82, 2.24) is 15.2 Å². The molecule has 2 amide bonds. The molecular formula is C26H26FN3O4S. The Morgan fingerprint density at radius 1 is 1.11 bits per heavy atom. The minimum absolute atomic E-state index is 0.00897. The summed E-state index contributed by atoms with van der Waals surface area (Å²) >= 11 is 1.34. The van der Waals surface area contributed by atoms with Gasteiger partial charge in [0.1, 0.15) is 15.7 Å². The number of nitrogens with zero attached hydrogens (tertiary/aromatic N) is 2. The van der Waals surface area contributed by atoms with Crippen LogP contribution in [0.3, 0.4) is 0 Å². The van der Waals surface area contributed by atoms with Gasteiger partial charge in [-0.1, -0.05) is 6.07 Å². The molecule has 35 heavy (non-hydrogen) atoms. The van der Waals surface area contributed by atoms with Crippen molar-refractivity contribution in [2.24, 2.45) is 5.92 Å². The number of nitrogens with one attached hydrogen (secondary N) is 1. The normalized spacial score (nSPS) is 15.3. The minimum atomic E-state index is -0.303. The van der Waals surface area contributed by atoms with Crippen LogP contribution in [0.5, 0.6) is 11.5 Å². The first-order valence-electron chi connectivity index (χ1n) is 11.6. The molecule has 0 aliphatic carbocycles. The van der Waals surface area contributed by atoms with Crippen LogP contribution in [0.15, 0.2) is 42.5 Å². The van der Waals surface area contributed by atoms with Crippen molar-refractivity contribution < 1.29 is 23.5 Å². The summed E-state index contributed by atoms with van der Waals surface area (Å²) < 4.78 is 23.9. The fraction of sp³-hybridized carbons (Fsp3) is 0.346. The summed E-state index contributed by atoms with van der Waals surface area (Å²) in [7, 11) is 0. The quantitative estimate of drug-likeness (QED) is 0.543. The monoisotopic (exact) mass is 495 g/mol. The first-order chi connectivity index (χ1) is 17.0. The molecule has 1 fully saturated rings. The summed E-state index contributed by atoms with van der Waals surface area (Å²) in [5.41, 5.74) is 2.44. The van der Waals surface area contributed by atoms with E-state index in [1.54, 1.807) is 12.1 Å². The molecule has 0 unspecified atom stereocenters. The fourth-order valence-corrected chi connectivity index (χ4v) is 5.42. The standard InChI is InChI=1S/C26H26FN3O4S/c1-16-24(35-25(29-16)19-3-5-20(27)6-4-19)26(32)30-10-8-17(9-11-30)13-23(31)28-14-18-2-7-21-22(12-18)34-15-33-21/h2-7,12,17H,8-11,13-15H2,1H3,(H,28,31). The van der Waals surface area contributed by atoms with Crippen LogP contribution in [0, 0.1) is 18.7 Å². The summed E-state index contributed by atoms with van der Waals surface area (Å²) in [6.45, 7) is 3.72. The van der Waals surface area contributed by atoms with Crippen molar-refractivity contribution in [1.29, 1.82) is 0 Å². The minimum Gasteiger partial charge on any atom is -0.454 e. The molecule has 0 bridgehead atoms. The number of halogens is 1. The molecule has 0 spiro atoms. The second kappa shape index (κ2) is 10.0. The van der Waals surface area contributed by atoms with E-state index in [0.717, 1.165) is 29.7 Å². The Kier molecular flexibility index (Phi) is 6.68. The molecular weight excluding hydrogens is 469 g/mol. The van der Waals surface area contributed by atoms with E-state index in [1.807, 2.05) is 30.0 Å². The number of hydrogen-bond acceptors (Lipinski definition) is 6. The predicted molar refractivity (Wildman–Crippen MR) is 130 cm³/mol. The summed E-state index contributed by atoms with van der Waals surface area (Å²) in [6.07, 6.45) is 2.01. The van der Waals surface area contributed by atoms with E-state index in [2.05, 4.69) is 10.3 Å². The van der Waals surface area contributed by atoms with Crippen molar-refractivity contribution >= 4 is 23.2 Å². The molecule has 2 aliphatic rings. The number of fused-ring (bicyclic) bond motifs is 1. The van der Waals surface area contributed by atoms with Crippen LogP contribution in [0.2, 0.25) is 0 Å². The van der Waals surface area contributed by atoms with Gasteiger partial charge in [0, 0.05) is 31.6 Å². The SMILES string of the molecule is Cc1nc(-c2ccc(F)cc2)sc1C(=O)N1CCC(CC(=O)NCc2ccc3c(c2)OCO3)CC1. The Labute approximate surface area is 206 Å². The van der Waals surface area contributed by atoms with E-state index in [9.17, 15) is 14.0 Å². The number of hydrogen-bond donors (Lipinski definition) is 1. The first kappa shape index (κ1) is 23.3. The molecule has 1 saturated heterocycles. The van der Waals surface area contributed by atoms with E-state index in [4.69, 9.17) is 9.47 Å². The number of thiazole rings is 1. The molecule has 0 atom stereocenters. The first-order valence-corrected chi connectivity index (χ1v) is 12.5. The highest BCUT2D eigenvalue weighted by molar-refractivity contribution is 7.17. The average Bonchev–Trinajstić information content (AvgIpc) is 3.49. The Bertz CT molecular complexity index is 1240. The van der Waals surface area contributed by atoms with E-state index in [0.29, 0.717) is 47.4 Å². The number of likely N-dealkylation sites (tertiary alicyclic amines) is 1. The second-order valence-electron chi connectivity index (χ2n) is 8.84. The topological polar surface area (TPSA) is 80.8 Å². The van der Waals surface area contributed by atoms with E-state index >= 15 is 0 Å². The van der Waals surface area contributed by atoms with Gasteiger partial charge in [-0.3, -0.25) is 9.59 Å². The number of aryl methyl sites for hydroxylation is 1. The van der Waals surface area contributed by atoms with Gasteiger partial charge in [0.2, 0.25) is 12.7 Å². The smallest absolute Gasteiger partial charge is 0.265 e. The Morgan fingerprint density at radius 2 is 1.86 bits per heavy atom. The number of carbonyl (C=O) groups is 2. The van der Waals surface area contributed by atoms with Crippen molar-refractivity contribution in [3.63, 3.8) is 0 Å². The van der Waals surface area contributed by atoms with Gasteiger partial charge in [0.25, 0.3) is 5.91 Å². The maximum atomic E-state index is 13.2. The maximum absolute atomic E-state index is 13.2. The van der Waals surface area contributed by atoms with Crippen molar-refractivity contribution in [2.75, 3.05) is 19.9 Å². The van der Waals surface area contributed by atoms with Gasteiger partial charge in [-0.25, -0.2) is 9.37 Å². The van der Waals surface area contributed by atoms with Crippen LogP contribution in [0.1, 0.15) is 40.2 Å². The third-order valence-electron chi connectivity index (χ3n) is 6.38. The lowest BCUT2D eigenvalue weighted by atomic mass is 9.93.